The Morgan fingerprint density at radius 2 is 2.50 bits per heavy atom. The molecule has 3 nitrogen and oxygen atoms in total. The average Bonchev–Trinajstić information content (AvgIpc) is 2.82. The van der Waals surface area contributed by atoms with Crippen LogP contribution in [0.5, 0.6) is 0 Å². The summed E-state index contributed by atoms with van der Waals surface area (Å²) in [4.78, 5) is 3.77. The maximum Gasteiger partial charge on any atom is 0.0606 e. The summed E-state index contributed by atoms with van der Waals surface area (Å²) >= 11 is 5.37. The average molecular weight is 305 g/mol. The number of halogens is 1. The molecule has 1 aromatic rings. The zero-order chi connectivity index (χ0) is 11.5. The van der Waals surface area contributed by atoms with Crippen LogP contribution in [0.1, 0.15) is 17.3 Å². The van der Waals surface area contributed by atoms with E-state index in [1.807, 2.05) is 0 Å². The smallest absolute Gasteiger partial charge is 0.0606 e. The van der Waals surface area contributed by atoms with Gasteiger partial charge in [-0.3, -0.25) is 4.90 Å². The summed E-state index contributed by atoms with van der Waals surface area (Å²) in [6, 6.07) is 2.69. The van der Waals surface area contributed by atoms with Gasteiger partial charge >= 0.3 is 0 Å². The summed E-state index contributed by atoms with van der Waals surface area (Å²) in [6.45, 7) is 2.80. The Morgan fingerprint density at radius 1 is 1.69 bits per heavy atom. The highest BCUT2D eigenvalue weighted by molar-refractivity contribution is 9.10. The molecular weight excluding hydrogens is 288 g/mol. The number of rotatable bonds is 4. The van der Waals surface area contributed by atoms with Crippen molar-refractivity contribution in [1.29, 1.82) is 0 Å². The normalized spacial score (nSPS) is 26.4. The number of hydrogen-bond donors (Lipinski definition) is 1. The SMILES string of the molecule is COCCN1CCC(N)C1c1sccc1Br. The van der Waals surface area contributed by atoms with E-state index in [0.29, 0.717) is 6.04 Å². The molecule has 2 N–H and O–H groups in total. The monoisotopic (exact) mass is 304 g/mol. The summed E-state index contributed by atoms with van der Waals surface area (Å²) in [5.74, 6) is 0. The van der Waals surface area contributed by atoms with Crippen LogP contribution in [0.25, 0.3) is 0 Å². The molecule has 5 heteroatoms. The fourth-order valence-electron chi connectivity index (χ4n) is 2.22. The summed E-state index contributed by atoms with van der Waals surface area (Å²) in [7, 11) is 1.74. The highest BCUT2D eigenvalue weighted by atomic mass is 79.9. The molecular formula is C11H17BrN2OS. The topological polar surface area (TPSA) is 38.5 Å². The van der Waals surface area contributed by atoms with Crippen LogP contribution in [0.3, 0.4) is 0 Å². The maximum absolute atomic E-state index is 6.20. The minimum Gasteiger partial charge on any atom is -0.383 e. The Labute approximate surface area is 109 Å². The van der Waals surface area contributed by atoms with Crippen molar-refractivity contribution < 1.29 is 4.74 Å². The molecule has 1 saturated heterocycles. The Hall–Kier alpha value is 0.0600. The predicted molar refractivity (Wildman–Crippen MR) is 70.8 cm³/mol. The lowest BCUT2D eigenvalue weighted by molar-refractivity contribution is 0.139. The van der Waals surface area contributed by atoms with E-state index < -0.39 is 0 Å². The molecule has 1 fully saturated rings. The van der Waals surface area contributed by atoms with Crippen LogP contribution in [0, 0.1) is 0 Å². The third-order valence-corrected chi connectivity index (χ3v) is 4.99. The van der Waals surface area contributed by atoms with Gasteiger partial charge in [-0.15, -0.1) is 11.3 Å². The van der Waals surface area contributed by atoms with E-state index in [1.165, 1.54) is 9.35 Å². The maximum atomic E-state index is 6.20. The van der Waals surface area contributed by atoms with E-state index in [9.17, 15) is 0 Å². The van der Waals surface area contributed by atoms with Gasteiger partial charge in [0.2, 0.25) is 0 Å². The van der Waals surface area contributed by atoms with Gasteiger partial charge in [-0.25, -0.2) is 0 Å². The molecule has 2 rings (SSSR count). The van der Waals surface area contributed by atoms with E-state index in [2.05, 4.69) is 32.3 Å². The second-order valence-electron chi connectivity index (χ2n) is 4.06. The number of nitrogens with zero attached hydrogens (tertiary/aromatic N) is 1. The Kier molecular flexibility index (Phi) is 4.38. The molecule has 0 saturated carbocycles. The van der Waals surface area contributed by atoms with Crippen LogP contribution >= 0.6 is 27.3 Å². The van der Waals surface area contributed by atoms with E-state index in [1.54, 1.807) is 18.4 Å². The van der Waals surface area contributed by atoms with Crippen LogP contribution in [0.2, 0.25) is 0 Å². The Balaban J connectivity index is 2.13. The van der Waals surface area contributed by atoms with Crippen molar-refractivity contribution in [3.8, 4) is 0 Å². The van der Waals surface area contributed by atoms with Gasteiger partial charge in [0.1, 0.15) is 0 Å². The van der Waals surface area contributed by atoms with E-state index >= 15 is 0 Å². The van der Waals surface area contributed by atoms with Crippen molar-refractivity contribution in [2.24, 2.45) is 5.73 Å². The van der Waals surface area contributed by atoms with Gasteiger partial charge in [0.15, 0.2) is 0 Å². The largest absolute Gasteiger partial charge is 0.383 e. The zero-order valence-corrected chi connectivity index (χ0v) is 11.8. The van der Waals surface area contributed by atoms with E-state index in [4.69, 9.17) is 10.5 Å². The van der Waals surface area contributed by atoms with Gasteiger partial charge in [-0.1, -0.05) is 0 Å². The molecule has 1 aliphatic rings. The van der Waals surface area contributed by atoms with Crippen molar-refractivity contribution >= 4 is 27.3 Å². The van der Waals surface area contributed by atoms with Gasteiger partial charge in [-0.2, -0.15) is 0 Å². The standard InChI is InChI=1S/C11H17BrN2OS/c1-15-6-5-14-4-2-9(13)10(14)11-8(12)3-7-16-11/h3,7,9-10H,2,4-6,13H2,1H3. The minimum atomic E-state index is 0.242. The van der Waals surface area contributed by atoms with Gasteiger partial charge in [-0.05, 0) is 33.8 Å². The van der Waals surface area contributed by atoms with Gasteiger partial charge in [0.05, 0.1) is 12.6 Å². The first-order valence-corrected chi connectivity index (χ1v) is 7.12. The molecule has 0 radical (unpaired) electrons. The summed E-state index contributed by atoms with van der Waals surface area (Å²) in [6.07, 6.45) is 1.07. The van der Waals surface area contributed by atoms with Crippen LogP contribution in [-0.4, -0.2) is 37.7 Å². The summed E-state index contributed by atoms with van der Waals surface area (Å²) < 4.78 is 6.33. The lowest BCUT2D eigenvalue weighted by Gasteiger charge is -2.25. The molecule has 0 amide bonds. The third kappa shape index (κ3) is 2.49. The van der Waals surface area contributed by atoms with Gasteiger partial charge < -0.3 is 10.5 Å². The fourth-order valence-corrected chi connectivity index (χ4v) is 4.04. The van der Waals surface area contributed by atoms with Crippen LogP contribution < -0.4 is 5.73 Å². The fraction of sp³-hybridized carbons (Fsp3) is 0.636. The highest BCUT2D eigenvalue weighted by Crippen LogP contribution is 2.38. The van der Waals surface area contributed by atoms with Gasteiger partial charge in [0.25, 0.3) is 0 Å². The molecule has 16 heavy (non-hydrogen) atoms. The molecule has 0 bridgehead atoms. The first-order chi connectivity index (χ1) is 7.74. The van der Waals surface area contributed by atoms with Crippen molar-refractivity contribution in [3.63, 3.8) is 0 Å². The van der Waals surface area contributed by atoms with Crippen molar-refractivity contribution in [2.45, 2.75) is 18.5 Å². The van der Waals surface area contributed by atoms with E-state index in [0.717, 1.165) is 26.1 Å². The minimum absolute atomic E-state index is 0.242. The zero-order valence-electron chi connectivity index (χ0n) is 9.36. The first-order valence-electron chi connectivity index (χ1n) is 5.45. The molecule has 90 valence electrons. The van der Waals surface area contributed by atoms with Crippen molar-refractivity contribution in [2.75, 3.05) is 26.8 Å². The predicted octanol–water partition coefficient (Wildman–Crippen LogP) is 2.23. The molecule has 0 spiro atoms. The van der Waals surface area contributed by atoms with Crippen molar-refractivity contribution in [3.05, 3.63) is 20.8 Å². The second kappa shape index (κ2) is 5.60. The van der Waals surface area contributed by atoms with Crippen LogP contribution in [-0.2, 0) is 4.74 Å². The van der Waals surface area contributed by atoms with Crippen LogP contribution in [0.15, 0.2) is 15.9 Å². The molecule has 2 heterocycles. The molecule has 2 atom stereocenters. The number of methoxy groups -OCH3 is 1. The molecule has 0 aliphatic carbocycles. The quantitative estimate of drug-likeness (QED) is 0.927. The second-order valence-corrected chi connectivity index (χ2v) is 5.86. The lowest BCUT2D eigenvalue weighted by Crippen LogP contribution is -2.33. The first kappa shape index (κ1) is 12.5. The lowest BCUT2D eigenvalue weighted by atomic mass is 10.1. The number of ether oxygens (including phenoxy) is 1. The number of nitrogens with two attached hydrogens (primary N) is 1. The molecule has 1 aromatic heterocycles. The molecule has 0 aromatic carbocycles. The molecule has 2 unspecified atom stereocenters. The van der Waals surface area contributed by atoms with E-state index in [-0.39, 0.29) is 6.04 Å². The Morgan fingerprint density at radius 3 is 3.12 bits per heavy atom. The van der Waals surface area contributed by atoms with Gasteiger partial charge in [0, 0.05) is 35.6 Å². The highest BCUT2D eigenvalue weighted by Gasteiger charge is 2.34. The summed E-state index contributed by atoms with van der Waals surface area (Å²) in [5.41, 5.74) is 6.20. The summed E-state index contributed by atoms with van der Waals surface area (Å²) in [5, 5.41) is 2.11. The number of thiophene rings is 1. The van der Waals surface area contributed by atoms with Crippen molar-refractivity contribution in [1.82, 2.24) is 4.90 Å². The van der Waals surface area contributed by atoms with Crippen LogP contribution in [0.4, 0.5) is 0 Å². The third-order valence-electron chi connectivity index (χ3n) is 3.04. The number of likely N-dealkylation sites (tertiary alicyclic amines) is 1. The Bertz CT molecular complexity index is 344. The molecule has 1 aliphatic heterocycles. The number of hydrogen-bond acceptors (Lipinski definition) is 4.